The molecule has 1 aromatic heterocycles. The van der Waals surface area contributed by atoms with Crippen molar-refractivity contribution in [2.24, 2.45) is 0 Å². The first-order chi connectivity index (χ1) is 16.5. The molecule has 2 N–H and O–H groups in total. The average Bonchev–Trinajstić information content (AvgIpc) is 3.28. The molecule has 0 aliphatic carbocycles. The number of carbonyl (C=O) groups is 2. The maximum Gasteiger partial charge on any atom is 0.410 e. The van der Waals surface area contributed by atoms with Crippen molar-refractivity contribution in [3.63, 3.8) is 0 Å². The maximum atomic E-state index is 13.3. The maximum absolute atomic E-state index is 13.3. The molecule has 2 amide bonds. The number of fused-ring (bicyclic) bond motifs is 1. The summed E-state index contributed by atoms with van der Waals surface area (Å²) in [7, 11) is 1.59. The second-order valence-electron chi connectivity index (χ2n) is 8.07. The number of nitrogens with one attached hydrogen (secondary N) is 2. The van der Waals surface area contributed by atoms with Crippen molar-refractivity contribution >= 4 is 34.5 Å². The van der Waals surface area contributed by atoms with Gasteiger partial charge in [0.05, 0.1) is 0 Å². The van der Waals surface area contributed by atoms with E-state index in [1.165, 1.54) is 4.90 Å². The highest BCUT2D eigenvalue weighted by molar-refractivity contribution is 6.30. The van der Waals surface area contributed by atoms with Gasteiger partial charge in [-0.15, -0.1) is 0 Å². The first-order valence-electron chi connectivity index (χ1n) is 11.0. The Morgan fingerprint density at radius 1 is 0.971 bits per heavy atom. The van der Waals surface area contributed by atoms with Crippen LogP contribution in [0.3, 0.4) is 0 Å². The second kappa shape index (κ2) is 10.9. The van der Waals surface area contributed by atoms with E-state index in [1.54, 1.807) is 19.2 Å². The highest BCUT2D eigenvalue weighted by Gasteiger charge is 2.29. The lowest BCUT2D eigenvalue weighted by atomic mass is 10.0. The van der Waals surface area contributed by atoms with Gasteiger partial charge < -0.3 is 15.0 Å². The summed E-state index contributed by atoms with van der Waals surface area (Å²) in [5.74, 6) is -0.264. The van der Waals surface area contributed by atoms with Crippen LogP contribution >= 0.6 is 11.6 Å². The van der Waals surface area contributed by atoms with Crippen molar-refractivity contribution in [1.82, 2.24) is 15.2 Å². The number of hydrogen-bond acceptors (Lipinski definition) is 3. The van der Waals surface area contributed by atoms with Crippen LogP contribution in [-0.2, 0) is 29.1 Å². The van der Waals surface area contributed by atoms with E-state index in [9.17, 15) is 9.59 Å². The number of halogens is 1. The zero-order valence-electron chi connectivity index (χ0n) is 18.8. The van der Waals surface area contributed by atoms with Gasteiger partial charge in [-0.25, -0.2) is 4.79 Å². The number of hydrogen-bond donors (Lipinski definition) is 2. The Bertz CT molecular complexity index is 1260. The predicted molar refractivity (Wildman–Crippen MR) is 133 cm³/mol. The Balaban J connectivity index is 1.50. The Hall–Kier alpha value is -3.77. The van der Waals surface area contributed by atoms with Gasteiger partial charge in [0, 0.05) is 42.1 Å². The minimum Gasteiger partial charge on any atom is -0.445 e. The molecule has 7 heteroatoms. The van der Waals surface area contributed by atoms with Gasteiger partial charge in [-0.3, -0.25) is 9.69 Å². The molecule has 0 fully saturated rings. The molecule has 0 saturated heterocycles. The zero-order valence-corrected chi connectivity index (χ0v) is 19.6. The third-order valence-electron chi connectivity index (χ3n) is 5.73. The fourth-order valence-electron chi connectivity index (χ4n) is 3.77. The smallest absolute Gasteiger partial charge is 0.410 e. The van der Waals surface area contributed by atoms with Crippen LogP contribution in [0.1, 0.15) is 16.7 Å². The summed E-state index contributed by atoms with van der Waals surface area (Å²) in [5.41, 5.74) is 3.72. The van der Waals surface area contributed by atoms with Crippen LogP contribution in [-0.4, -0.2) is 35.0 Å². The summed E-state index contributed by atoms with van der Waals surface area (Å²) in [4.78, 5) is 30.7. The third kappa shape index (κ3) is 5.77. The van der Waals surface area contributed by atoms with Crippen LogP contribution < -0.4 is 5.32 Å². The van der Waals surface area contributed by atoms with Crippen molar-refractivity contribution in [2.75, 3.05) is 7.05 Å². The number of benzene rings is 3. The quantitative estimate of drug-likeness (QED) is 0.362. The summed E-state index contributed by atoms with van der Waals surface area (Å²) < 4.78 is 5.49. The van der Waals surface area contributed by atoms with E-state index in [-0.39, 0.29) is 12.5 Å². The highest BCUT2D eigenvalue weighted by atomic mass is 35.5. The summed E-state index contributed by atoms with van der Waals surface area (Å²) >= 11 is 5.95. The van der Waals surface area contributed by atoms with Gasteiger partial charge >= 0.3 is 6.09 Å². The van der Waals surface area contributed by atoms with Crippen LogP contribution in [0.25, 0.3) is 10.9 Å². The monoisotopic (exact) mass is 475 g/mol. The van der Waals surface area contributed by atoms with Crippen LogP contribution in [0.15, 0.2) is 85.1 Å². The predicted octanol–water partition coefficient (Wildman–Crippen LogP) is 5.32. The Kier molecular flexibility index (Phi) is 7.50. The van der Waals surface area contributed by atoms with Crippen LogP contribution in [0.4, 0.5) is 4.79 Å². The summed E-state index contributed by atoms with van der Waals surface area (Å²) in [6.07, 6.45) is 1.66. The number of H-pyrrole nitrogens is 1. The molecule has 1 unspecified atom stereocenters. The van der Waals surface area contributed by atoms with Gasteiger partial charge in [0.2, 0.25) is 5.91 Å². The number of carbonyl (C=O) groups excluding carboxylic acids is 2. The second-order valence-corrected chi connectivity index (χ2v) is 8.51. The number of rotatable bonds is 8. The molecule has 0 radical (unpaired) electrons. The number of aromatic amines is 1. The molecule has 34 heavy (non-hydrogen) atoms. The van der Waals surface area contributed by atoms with Crippen LogP contribution in [0.5, 0.6) is 0 Å². The molecule has 1 heterocycles. The van der Waals surface area contributed by atoms with Crippen molar-refractivity contribution in [2.45, 2.75) is 25.6 Å². The van der Waals surface area contributed by atoms with Gasteiger partial charge in [0.1, 0.15) is 12.6 Å². The molecule has 0 saturated carbocycles. The summed E-state index contributed by atoms with van der Waals surface area (Å²) in [5, 5.41) is 4.60. The molecule has 0 aliphatic rings. The minimum absolute atomic E-state index is 0.135. The molecule has 6 nitrogen and oxygen atoms in total. The lowest BCUT2D eigenvalue weighted by molar-refractivity contribution is -0.125. The molecular weight excluding hydrogens is 450 g/mol. The number of likely N-dealkylation sites (N-methyl/N-ethyl adjacent to an activating group) is 1. The average molecular weight is 476 g/mol. The topological polar surface area (TPSA) is 74.4 Å². The largest absolute Gasteiger partial charge is 0.445 e. The van der Waals surface area contributed by atoms with E-state index in [2.05, 4.69) is 10.3 Å². The van der Waals surface area contributed by atoms with Crippen molar-refractivity contribution in [3.8, 4) is 0 Å². The molecule has 3 aromatic carbocycles. The van der Waals surface area contributed by atoms with E-state index < -0.39 is 12.1 Å². The van der Waals surface area contributed by atoms with E-state index in [4.69, 9.17) is 16.3 Å². The molecule has 4 rings (SSSR count). The third-order valence-corrected chi connectivity index (χ3v) is 5.98. The Morgan fingerprint density at radius 2 is 1.68 bits per heavy atom. The van der Waals surface area contributed by atoms with Gasteiger partial charge in [0.25, 0.3) is 0 Å². The molecule has 4 aromatic rings. The van der Waals surface area contributed by atoms with Crippen molar-refractivity contribution in [1.29, 1.82) is 0 Å². The Labute approximate surface area is 203 Å². The van der Waals surface area contributed by atoms with Gasteiger partial charge in [0.15, 0.2) is 0 Å². The lowest BCUT2D eigenvalue weighted by Crippen LogP contribution is -2.48. The number of nitrogens with zero attached hydrogens (tertiary/aromatic N) is 1. The molecule has 0 spiro atoms. The summed E-state index contributed by atoms with van der Waals surface area (Å²) in [6.45, 7) is 0.462. The molecule has 1 atom stereocenters. The Morgan fingerprint density at radius 3 is 2.44 bits per heavy atom. The van der Waals surface area contributed by atoms with E-state index >= 15 is 0 Å². The number of para-hydroxylation sites is 1. The zero-order chi connectivity index (χ0) is 23.9. The molecular formula is C27H26ClN3O3. The first kappa shape index (κ1) is 23.4. The minimum atomic E-state index is -0.755. The standard InChI is InChI=1S/C27H26ClN3O3/c1-31(27(33)34-18-20-7-3-2-4-8-20)25(15-21-17-29-24-10-6-5-9-23(21)24)26(32)30-16-19-11-13-22(28)14-12-19/h2-14,17,25,29H,15-16,18H2,1H3,(H,30,32). The van der Waals surface area contributed by atoms with Gasteiger partial charge in [-0.2, -0.15) is 0 Å². The fourth-order valence-corrected chi connectivity index (χ4v) is 3.90. The van der Waals surface area contributed by atoms with Crippen molar-refractivity contribution in [3.05, 3.63) is 107 Å². The number of aromatic nitrogens is 1. The fraction of sp³-hybridized carbons (Fsp3) is 0.185. The van der Waals surface area contributed by atoms with Crippen LogP contribution in [0.2, 0.25) is 5.02 Å². The SMILES string of the molecule is CN(C(=O)OCc1ccccc1)C(Cc1c[nH]c2ccccc12)C(=O)NCc1ccc(Cl)cc1. The van der Waals surface area contributed by atoms with E-state index in [1.807, 2.05) is 72.9 Å². The number of ether oxygens (including phenoxy) is 1. The molecule has 0 bridgehead atoms. The highest BCUT2D eigenvalue weighted by Crippen LogP contribution is 2.21. The summed E-state index contributed by atoms with van der Waals surface area (Å²) in [6, 6.07) is 23.8. The van der Waals surface area contributed by atoms with Crippen LogP contribution in [0, 0.1) is 0 Å². The lowest BCUT2D eigenvalue weighted by Gasteiger charge is -2.27. The van der Waals surface area contributed by atoms with Crippen molar-refractivity contribution < 1.29 is 14.3 Å². The van der Waals surface area contributed by atoms with E-state index in [0.29, 0.717) is 18.0 Å². The van der Waals surface area contributed by atoms with E-state index in [0.717, 1.165) is 27.6 Å². The number of amides is 2. The normalized spacial score (nSPS) is 11.7. The first-order valence-corrected chi connectivity index (χ1v) is 11.4. The molecule has 0 aliphatic heterocycles. The van der Waals surface area contributed by atoms with Gasteiger partial charge in [-0.05, 0) is 34.9 Å². The molecule has 174 valence electrons. The van der Waals surface area contributed by atoms with Gasteiger partial charge in [-0.1, -0.05) is 72.3 Å².